The van der Waals surface area contributed by atoms with Crippen LogP contribution in [0, 0.1) is 0 Å². The number of methoxy groups -OCH3 is 2. The lowest BCUT2D eigenvalue weighted by molar-refractivity contribution is -0.124. The van der Waals surface area contributed by atoms with Gasteiger partial charge in [0.25, 0.3) is 5.91 Å². The zero-order valence-electron chi connectivity index (χ0n) is 22.6. The number of imide groups is 1. The van der Waals surface area contributed by atoms with Crippen LogP contribution in [-0.4, -0.2) is 62.1 Å². The number of hydrogen-bond donors (Lipinski definition) is 1. The average molecular weight is 546 g/mol. The molecule has 1 unspecified atom stereocenters. The fourth-order valence-corrected chi connectivity index (χ4v) is 4.39. The number of nitrogens with one attached hydrogen (secondary N) is 1. The lowest BCUT2D eigenvalue weighted by Gasteiger charge is -2.21. The molecular formula is C30H31N3O7. The van der Waals surface area contributed by atoms with E-state index >= 15 is 0 Å². The van der Waals surface area contributed by atoms with E-state index in [1.165, 1.54) is 12.0 Å². The highest BCUT2D eigenvalue weighted by Crippen LogP contribution is 2.29. The lowest BCUT2D eigenvalue weighted by Crippen LogP contribution is -2.39. The first-order valence-corrected chi connectivity index (χ1v) is 12.8. The van der Waals surface area contributed by atoms with E-state index in [1.54, 1.807) is 62.6 Å². The average Bonchev–Trinajstić information content (AvgIpc) is 3.20. The Hall–Kier alpha value is -4.86. The zero-order valence-corrected chi connectivity index (χ0v) is 22.6. The van der Waals surface area contributed by atoms with E-state index in [1.807, 2.05) is 24.3 Å². The maximum atomic E-state index is 13.5. The van der Waals surface area contributed by atoms with E-state index in [0.29, 0.717) is 34.9 Å². The molecule has 3 aromatic rings. The van der Waals surface area contributed by atoms with Gasteiger partial charge in [0.1, 0.15) is 17.5 Å². The summed E-state index contributed by atoms with van der Waals surface area (Å²) in [6.07, 6.45) is 0.242. The summed E-state index contributed by atoms with van der Waals surface area (Å²) in [4.78, 5) is 54.5. The highest BCUT2D eigenvalue weighted by molar-refractivity contribution is 6.22. The summed E-state index contributed by atoms with van der Waals surface area (Å²) in [5.74, 6) is -0.0869. The summed E-state index contributed by atoms with van der Waals surface area (Å²) in [6.45, 7) is 2.21. The number of esters is 1. The van der Waals surface area contributed by atoms with Crippen LogP contribution in [0.1, 0.15) is 29.3 Å². The number of ether oxygens (including phenoxy) is 3. The van der Waals surface area contributed by atoms with Gasteiger partial charge in [-0.2, -0.15) is 0 Å². The van der Waals surface area contributed by atoms with Gasteiger partial charge < -0.3 is 24.4 Å². The SMILES string of the molecule is CCOC(=O)c1ccc(NC(=O)CC2C(=O)N(c3ccc(OC)cc3)C(=O)N2CCc2ccc(OC)cc2)cc1. The molecule has 4 amide bonds. The van der Waals surface area contributed by atoms with Crippen LogP contribution < -0.4 is 19.7 Å². The predicted molar refractivity (Wildman–Crippen MR) is 149 cm³/mol. The first-order chi connectivity index (χ1) is 19.3. The van der Waals surface area contributed by atoms with E-state index < -0.39 is 29.9 Å². The number of hydrogen-bond acceptors (Lipinski definition) is 7. The summed E-state index contributed by atoms with van der Waals surface area (Å²) >= 11 is 0. The van der Waals surface area contributed by atoms with Crippen LogP contribution in [0.4, 0.5) is 16.2 Å². The van der Waals surface area contributed by atoms with E-state index in [0.717, 1.165) is 10.5 Å². The van der Waals surface area contributed by atoms with E-state index in [4.69, 9.17) is 14.2 Å². The van der Waals surface area contributed by atoms with Crippen molar-refractivity contribution in [3.63, 3.8) is 0 Å². The van der Waals surface area contributed by atoms with Crippen molar-refractivity contribution in [3.05, 3.63) is 83.9 Å². The number of carbonyl (C=O) groups excluding carboxylic acids is 4. The number of amides is 4. The van der Waals surface area contributed by atoms with Gasteiger partial charge in [0.05, 0.1) is 38.5 Å². The molecule has 40 heavy (non-hydrogen) atoms. The molecule has 208 valence electrons. The van der Waals surface area contributed by atoms with Gasteiger partial charge in [-0.25, -0.2) is 14.5 Å². The second-order valence-electron chi connectivity index (χ2n) is 9.01. The van der Waals surface area contributed by atoms with Gasteiger partial charge in [-0.15, -0.1) is 0 Å². The van der Waals surface area contributed by atoms with Crippen LogP contribution in [0.3, 0.4) is 0 Å². The van der Waals surface area contributed by atoms with Crippen LogP contribution in [-0.2, 0) is 20.7 Å². The first-order valence-electron chi connectivity index (χ1n) is 12.8. The minimum Gasteiger partial charge on any atom is -0.497 e. The zero-order chi connectivity index (χ0) is 28.6. The van der Waals surface area contributed by atoms with Crippen molar-refractivity contribution in [3.8, 4) is 11.5 Å². The third-order valence-corrected chi connectivity index (χ3v) is 6.51. The smallest absolute Gasteiger partial charge is 0.338 e. The van der Waals surface area contributed by atoms with E-state index in [-0.39, 0.29) is 19.6 Å². The molecule has 10 heteroatoms. The van der Waals surface area contributed by atoms with Crippen molar-refractivity contribution in [1.82, 2.24) is 4.90 Å². The molecule has 4 rings (SSSR count). The van der Waals surface area contributed by atoms with Crippen molar-refractivity contribution in [1.29, 1.82) is 0 Å². The monoisotopic (exact) mass is 545 g/mol. The number of benzene rings is 3. The maximum absolute atomic E-state index is 13.5. The van der Waals surface area contributed by atoms with Crippen LogP contribution in [0.2, 0.25) is 0 Å². The molecule has 1 atom stereocenters. The Balaban J connectivity index is 1.51. The Morgan fingerprint density at radius 1 is 0.850 bits per heavy atom. The molecule has 3 aromatic carbocycles. The minimum absolute atomic E-state index is 0.232. The maximum Gasteiger partial charge on any atom is 0.338 e. The van der Waals surface area contributed by atoms with Gasteiger partial charge >= 0.3 is 12.0 Å². The third kappa shape index (κ3) is 6.40. The molecule has 1 N–H and O–H groups in total. The Morgan fingerprint density at radius 3 is 2.02 bits per heavy atom. The normalized spacial score (nSPS) is 14.7. The van der Waals surface area contributed by atoms with Crippen LogP contribution in [0.25, 0.3) is 0 Å². The molecule has 0 saturated carbocycles. The van der Waals surface area contributed by atoms with Gasteiger partial charge in [0, 0.05) is 12.2 Å². The number of rotatable bonds is 11. The van der Waals surface area contributed by atoms with Gasteiger partial charge in [-0.05, 0) is 79.6 Å². The van der Waals surface area contributed by atoms with Gasteiger partial charge in [0.15, 0.2) is 0 Å². The van der Waals surface area contributed by atoms with Crippen LogP contribution >= 0.6 is 0 Å². The van der Waals surface area contributed by atoms with Gasteiger partial charge in [0.2, 0.25) is 5.91 Å². The summed E-state index contributed by atoms with van der Waals surface area (Å²) in [5, 5.41) is 2.75. The van der Waals surface area contributed by atoms with Crippen LogP contribution in [0.5, 0.6) is 11.5 Å². The van der Waals surface area contributed by atoms with Gasteiger partial charge in [-0.1, -0.05) is 12.1 Å². The molecule has 1 aliphatic rings. The van der Waals surface area contributed by atoms with E-state index in [2.05, 4.69) is 5.32 Å². The van der Waals surface area contributed by atoms with Crippen molar-refractivity contribution >= 4 is 35.2 Å². The minimum atomic E-state index is -0.994. The summed E-state index contributed by atoms with van der Waals surface area (Å²) in [6, 6.07) is 18.8. The van der Waals surface area contributed by atoms with Crippen molar-refractivity contribution in [2.24, 2.45) is 0 Å². The van der Waals surface area contributed by atoms with Crippen LogP contribution in [0.15, 0.2) is 72.8 Å². The van der Waals surface area contributed by atoms with Crippen molar-refractivity contribution in [2.75, 3.05) is 37.6 Å². The molecule has 0 aliphatic carbocycles. The summed E-state index contributed by atoms with van der Waals surface area (Å²) in [5.41, 5.74) is 2.15. The Morgan fingerprint density at radius 2 is 1.45 bits per heavy atom. The first kappa shape index (κ1) is 28.2. The Labute approximate surface area is 232 Å². The molecule has 0 spiro atoms. The fourth-order valence-electron chi connectivity index (χ4n) is 4.39. The van der Waals surface area contributed by atoms with Crippen molar-refractivity contribution in [2.45, 2.75) is 25.8 Å². The largest absolute Gasteiger partial charge is 0.497 e. The standard InChI is InChI=1S/C30H31N3O7/c1-4-40-29(36)21-7-9-22(10-8-21)31-27(34)19-26-28(35)33(23-11-15-25(39-3)16-12-23)30(37)32(26)18-17-20-5-13-24(38-2)14-6-20/h5-16,26H,4,17-19H2,1-3H3,(H,31,34). The summed E-state index contributed by atoms with van der Waals surface area (Å²) < 4.78 is 15.4. The van der Waals surface area contributed by atoms with Gasteiger partial charge in [-0.3, -0.25) is 9.59 Å². The Bertz CT molecular complexity index is 1360. The van der Waals surface area contributed by atoms with Crippen molar-refractivity contribution < 1.29 is 33.4 Å². The quantitative estimate of drug-likeness (QED) is 0.282. The summed E-state index contributed by atoms with van der Waals surface area (Å²) in [7, 11) is 3.11. The molecule has 0 aromatic heterocycles. The second-order valence-corrected chi connectivity index (χ2v) is 9.01. The molecule has 0 bridgehead atoms. The molecule has 1 heterocycles. The third-order valence-electron chi connectivity index (χ3n) is 6.51. The Kier molecular flexibility index (Phi) is 9.00. The van der Waals surface area contributed by atoms with E-state index in [9.17, 15) is 19.2 Å². The molecule has 1 aliphatic heterocycles. The predicted octanol–water partition coefficient (Wildman–Crippen LogP) is 4.29. The number of urea groups is 1. The fraction of sp³-hybridized carbons (Fsp3) is 0.267. The molecule has 10 nitrogen and oxygen atoms in total. The molecular weight excluding hydrogens is 514 g/mol. The number of anilines is 2. The molecule has 0 radical (unpaired) electrons. The second kappa shape index (κ2) is 12.8. The topological polar surface area (TPSA) is 114 Å². The highest BCUT2D eigenvalue weighted by Gasteiger charge is 2.46. The molecule has 1 fully saturated rings. The molecule has 1 saturated heterocycles. The highest BCUT2D eigenvalue weighted by atomic mass is 16.5. The number of nitrogens with zero attached hydrogens (tertiary/aromatic N) is 2. The lowest BCUT2D eigenvalue weighted by atomic mass is 10.1. The number of carbonyl (C=O) groups is 4.